The third-order valence-electron chi connectivity index (χ3n) is 4.15. The van der Waals surface area contributed by atoms with Crippen molar-refractivity contribution in [2.75, 3.05) is 0 Å². The molecule has 0 bridgehead atoms. The van der Waals surface area contributed by atoms with Crippen LogP contribution in [0, 0.1) is 0 Å². The minimum absolute atomic E-state index is 0.681. The largest absolute Gasteiger partial charge is 0.291 e. The fourth-order valence-corrected chi connectivity index (χ4v) is 2.74. The summed E-state index contributed by atoms with van der Waals surface area (Å²) in [5.74, 6) is 0. The first kappa shape index (κ1) is 17.3. The lowest BCUT2D eigenvalue weighted by molar-refractivity contribution is 0.196. The first-order chi connectivity index (χ1) is 11.3. The average molecular weight is 309 g/mol. The minimum atomic E-state index is 0.681. The van der Waals surface area contributed by atoms with Crippen molar-refractivity contribution < 1.29 is 5.21 Å². The molecular formula is C21H27NO. The highest BCUT2D eigenvalue weighted by Crippen LogP contribution is 2.12. The van der Waals surface area contributed by atoms with Gasteiger partial charge in [-0.15, -0.1) is 0 Å². The number of unbranched alkanes of at least 4 members (excludes halogenated alkanes) is 1. The molecule has 0 radical (unpaired) electrons. The molecule has 2 aromatic rings. The Morgan fingerprint density at radius 1 is 0.739 bits per heavy atom. The van der Waals surface area contributed by atoms with Crippen molar-refractivity contribution in [3.05, 3.63) is 83.6 Å². The summed E-state index contributed by atoms with van der Waals surface area (Å²) in [5, 5.41) is 8.69. The van der Waals surface area contributed by atoms with Crippen LogP contribution >= 0.6 is 0 Å². The van der Waals surface area contributed by atoms with Crippen LogP contribution in [0.15, 0.2) is 66.9 Å². The Bertz CT molecular complexity index is 575. The number of hydrogen-bond donors (Lipinski definition) is 2. The van der Waals surface area contributed by atoms with Crippen molar-refractivity contribution in [3.8, 4) is 0 Å². The normalized spacial score (nSPS) is 10.5. The first-order valence-corrected chi connectivity index (χ1v) is 8.47. The van der Waals surface area contributed by atoms with Crippen LogP contribution in [0.4, 0.5) is 0 Å². The molecule has 2 heteroatoms. The summed E-state index contributed by atoms with van der Waals surface area (Å²) in [6, 6.07) is 19.6. The molecule has 0 saturated heterocycles. The molecule has 122 valence electrons. The van der Waals surface area contributed by atoms with Crippen LogP contribution in [-0.2, 0) is 19.3 Å². The SMILES string of the molecule is C=C(CCCc1ccc(CCCCc2ccccc2)cc1)NO. The van der Waals surface area contributed by atoms with E-state index in [0.29, 0.717) is 5.70 Å². The van der Waals surface area contributed by atoms with E-state index in [0.717, 1.165) is 25.7 Å². The smallest absolute Gasteiger partial charge is 0.0304 e. The van der Waals surface area contributed by atoms with Crippen LogP contribution in [0.1, 0.15) is 42.4 Å². The van der Waals surface area contributed by atoms with Gasteiger partial charge in [0.15, 0.2) is 0 Å². The molecule has 0 saturated carbocycles. The number of aryl methyl sites for hydroxylation is 3. The van der Waals surface area contributed by atoms with E-state index in [1.807, 2.05) is 0 Å². The molecule has 0 aliphatic heterocycles. The summed E-state index contributed by atoms with van der Waals surface area (Å²) in [4.78, 5) is 0. The van der Waals surface area contributed by atoms with Crippen LogP contribution in [0.2, 0.25) is 0 Å². The highest BCUT2D eigenvalue weighted by atomic mass is 16.5. The number of hydrogen-bond acceptors (Lipinski definition) is 2. The van der Waals surface area contributed by atoms with Crippen molar-refractivity contribution in [3.63, 3.8) is 0 Å². The molecule has 0 atom stereocenters. The second-order valence-electron chi connectivity index (χ2n) is 6.08. The molecule has 0 aromatic heterocycles. The van der Waals surface area contributed by atoms with Gasteiger partial charge < -0.3 is 0 Å². The molecule has 0 aliphatic rings. The van der Waals surface area contributed by atoms with E-state index in [-0.39, 0.29) is 0 Å². The maximum Gasteiger partial charge on any atom is 0.0304 e. The molecule has 2 aromatic carbocycles. The molecule has 0 heterocycles. The fourth-order valence-electron chi connectivity index (χ4n) is 2.74. The summed E-state index contributed by atoms with van der Waals surface area (Å²) in [6.07, 6.45) is 7.62. The standard InChI is InChI=1S/C21H27NO/c1-18(22-23)8-7-13-21-16-14-20(15-17-21)12-6-5-11-19-9-3-2-4-10-19/h2-4,9-10,14-17,22-23H,1,5-8,11-13H2. The third kappa shape index (κ3) is 6.70. The summed E-state index contributed by atoms with van der Waals surface area (Å²) < 4.78 is 0. The lowest BCUT2D eigenvalue weighted by Gasteiger charge is -2.06. The predicted octanol–water partition coefficient (Wildman–Crippen LogP) is 5.07. The van der Waals surface area contributed by atoms with Crippen molar-refractivity contribution >= 4 is 0 Å². The number of benzene rings is 2. The molecule has 2 rings (SSSR count). The monoisotopic (exact) mass is 309 g/mol. The van der Waals surface area contributed by atoms with Gasteiger partial charge in [0.1, 0.15) is 0 Å². The molecule has 23 heavy (non-hydrogen) atoms. The van der Waals surface area contributed by atoms with Gasteiger partial charge in [-0.2, -0.15) is 0 Å². The van der Waals surface area contributed by atoms with E-state index >= 15 is 0 Å². The Morgan fingerprint density at radius 2 is 1.22 bits per heavy atom. The second-order valence-corrected chi connectivity index (χ2v) is 6.08. The van der Waals surface area contributed by atoms with Gasteiger partial charge in [-0.1, -0.05) is 61.2 Å². The fraction of sp³-hybridized carbons (Fsp3) is 0.333. The Labute approximate surface area is 139 Å². The number of rotatable bonds is 10. The summed E-state index contributed by atoms with van der Waals surface area (Å²) in [5.41, 5.74) is 6.99. The van der Waals surface area contributed by atoms with Crippen LogP contribution < -0.4 is 5.48 Å². The number of allylic oxidation sites excluding steroid dienone is 1. The Hall–Kier alpha value is -2.06. The van der Waals surface area contributed by atoms with Gasteiger partial charge in [0.2, 0.25) is 0 Å². The highest BCUT2D eigenvalue weighted by molar-refractivity contribution is 5.23. The molecular weight excluding hydrogens is 282 g/mol. The van der Waals surface area contributed by atoms with Gasteiger partial charge >= 0.3 is 0 Å². The zero-order valence-corrected chi connectivity index (χ0v) is 13.8. The molecule has 2 nitrogen and oxygen atoms in total. The summed E-state index contributed by atoms with van der Waals surface area (Å²) in [7, 11) is 0. The highest BCUT2D eigenvalue weighted by Gasteiger charge is 1.98. The predicted molar refractivity (Wildman–Crippen MR) is 96.5 cm³/mol. The van der Waals surface area contributed by atoms with Gasteiger partial charge in [0.05, 0.1) is 0 Å². The molecule has 2 N–H and O–H groups in total. The molecule has 0 aliphatic carbocycles. The van der Waals surface area contributed by atoms with Crippen LogP contribution in [0.3, 0.4) is 0 Å². The minimum Gasteiger partial charge on any atom is -0.291 e. The maximum atomic E-state index is 8.69. The lowest BCUT2D eigenvalue weighted by Crippen LogP contribution is -2.05. The van der Waals surface area contributed by atoms with Crippen molar-refractivity contribution in [2.24, 2.45) is 0 Å². The lowest BCUT2D eigenvalue weighted by atomic mass is 10.0. The van der Waals surface area contributed by atoms with Gasteiger partial charge in [0.25, 0.3) is 0 Å². The van der Waals surface area contributed by atoms with E-state index in [4.69, 9.17) is 5.21 Å². The van der Waals surface area contributed by atoms with Gasteiger partial charge in [-0.05, 0) is 61.6 Å². The average Bonchev–Trinajstić information content (AvgIpc) is 2.60. The summed E-state index contributed by atoms with van der Waals surface area (Å²) >= 11 is 0. The van der Waals surface area contributed by atoms with Gasteiger partial charge in [0, 0.05) is 5.70 Å². The third-order valence-corrected chi connectivity index (χ3v) is 4.15. The Balaban J connectivity index is 1.65. The van der Waals surface area contributed by atoms with E-state index in [1.54, 1.807) is 0 Å². The van der Waals surface area contributed by atoms with Crippen molar-refractivity contribution in [2.45, 2.75) is 44.9 Å². The Kier molecular flexibility index (Phi) is 7.41. The van der Waals surface area contributed by atoms with Crippen molar-refractivity contribution in [1.29, 1.82) is 0 Å². The van der Waals surface area contributed by atoms with E-state index in [9.17, 15) is 0 Å². The first-order valence-electron chi connectivity index (χ1n) is 8.47. The molecule has 0 fully saturated rings. The van der Waals surface area contributed by atoms with E-state index < -0.39 is 0 Å². The Morgan fingerprint density at radius 3 is 1.74 bits per heavy atom. The quantitative estimate of drug-likeness (QED) is 0.474. The number of hydroxylamine groups is 1. The van der Waals surface area contributed by atoms with Crippen LogP contribution in [0.5, 0.6) is 0 Å². The topological polar surface area (TPSA) is 32.3 Å². The zero-order chi connectivity index (χ0) is 16.3. The van der Waals surface area contributed by atoms with Crippen molar-refractivity contribution in [1.82, 2.24) is 5.48 Å². The summed E-state index contributed by atoms with van der Waals surface area (Å²) in [6.45, 7) is 3.72. The van der Waals surface area contributed by atoms with E-state index in [1.165, 1.54) is 36.0 Å². The van der Waals surface area contributed by atoms with Crippen LogP contribution in [-0.4, -0.2) is 5.21 Å². The molecule has 0 amide bonds. The second kappa shape index (κ2) is 9.86. The molecule has 0 spiro atoms. The maximum absolute atomic E-state index is 8.69. The zero-order valence-electron chi connectivity index (χ0n) is 13.8. The van der Waals surface area contributed by atoms with Gasteiger partial charge in [-0.3, -0.25) is 10.7 Å². The molecule has 0 unspecified atom stereocenters. The van der Waals surface area contributed by atoms with Gasteiger partial charge in [-0.25, -0.2) is 0 Å². The van der Waals surface area contributed by atoms with Crippen LogP contribution in [0.25, 0.3) is 0 Å². The number of nitrogens with one attached hydrogen (secondary N) is 1. The van der Waals surface area contributed by atoms with E-state index in [2.05, 4.69) is 66.7 Å².